The lowest BCUT2D eigenvalue weighted by Gasteiger charge is -2.40. The van der Waals surface area contributed by atoms with E-state index < -0.39 is 71.7 Å². The standard InChI is InChI=1S/C20H17BF5NO3/c22-14-4-2-12-17(16(14)24)27-18(28)20(12,10-5-7-19(25,26)8-6-10)11-1-3-13(21(29)30)15(23)9-11/h1-4,9-10,29-30H,5-8H2,(H,27,28)/t20-/m0/s1. The van der Waals surface area contributed by atoms with Crippen LogP contribution >= 0.6 is 0 Å². The molecule has 1 heterocycles. The summed E-state index contributed by atoms with van der Waals surface area (Å²) in [5, 5.41) is 20.8. The Morgan fingerprint density at radius 3 is 2.27 bits per heavy atom. The first-order valence-electron chi connectivity index (χ1n) is 9.42. The second-order valence-electron chi connectivity index (χ2n) is 7.79. The second kappa shape index (κ2) is 7.06. The number of anilines is 1. The average Bonchev–Trinajstić information content (AvgIpc) is 2.98. The highest BCUT2D eigenvalue weighted by molar-refractivity contribution is 6.58. The summed E-state index contributed by atoms with van der Waals surface area (Å²) in [5.74, 6) is -7.90. The second-order valence-corrected chi connectivity index (χ2v) is 7.79. The van der Waals surface area contributed by atoms with Crippen molar-refractivity contribution in [3.63, 3.8) is 0 Å². The molecule has 1 aliphatic heterocycles. The van der Waals surface area contributed by atoms with E-state index in [2.05, 4.69) is 5.32 Å². The van der Waals surface area contributed by atoms with E-state index in [9.17, 15) is 36.8 Å². The molecule has 4 nitrogen and oxygen atoms in total. The van der Waals surface area contributed by atoms with E-state index in [1.54, 1.807) is 0 Å². The van der Waals surface area contributed by atoms with Gasteiger partial charge in [0.1, 0.15) is 11.2 Å². The van der Waals surface area contributed by atoms with Gasteiger partial charge in [-0.3, -0.25) is 4.79 Å². The van der Waals surface area contributed by atoms with Crippen LogP contribution in [0.3, 0.4) is 0 Å². The Bertz CT molecular complexity index is 1020. The number of amides is 1. The predicted molar refractivity (Wildman–Crippen MR) is 98.9 cm³/mol. The van der Waals surface area contributed by atoms with Crippen LogP contribution in [-0.2, 0) is 10.2 Å². The Labute approximate surface area is 168 Å². The van der Waals surface area contributed by atoms with Gasteiger partial charge in [0.05, 0.1) is 5.69 Å². The van der Waals surface area contributed by atoms with Crippen molar-refractivity contribution in [3.8, 4) is 0 Å². The highest BCUT2D eigenvalue weighted by atomic mass is 19.3. The maximum Gasteiger partial charge on any atom is 0.491 e. The molecule has 10 heteroatoms. The van der Waals surface area contributed by atoms with Crippen LogP contribution in [0, 0.1) is 23.4 Å². The number of hydrogen-bond donors (Lipinski definition) is 3. The van der Waals surface area contributed by atoms with E-state index in [1.165, 1.54) is 12.1 Å². The van der Waals surface area contributed by atoms with Gasteiger partial charge < -0.3 is 15.4 Å². The Kier molecular flexibility index (Phi) is 4.89. The SMILES string of the molecule is O=C1Nc2c(ccc(F)c2F)[C@@]1(c1ccc(B(O)O)c(F)c1)C1CCC(F)(F)CC1. The zero-order chi connectivity index (χ0) is 21.8. The van der Waals surface area contributed by atoms with Crippen molar-refractivity contribution in [1.29, 1.82) is 0 Å². The van der Waals surface area contributed by atoms with Gasteiger partial charge in [0.2, 0.25) is 11.8 Å². The number of carbonyl (C=O) groups is 1. The molecular weight excluding hydrogens is 408 g/mol. The van der Waals surface area contributed by atoms with Crippen LogP contribution in [0.4, 0.5) is 27.6 Å². The van der Waals surface area contributed by atoms with Crippen LogP contribution in [0.5, 0.6) is 0 Å². The van der Waals surface area contributed by atoms with Crippen molar-refractivity contribution in [2.75, 3.05) is 5.32 Å². The number of carbonyl (C=O) groups excluding carboxylic acids is 1. The van der Waals surface area contributed by atoms with Gasteiger partial charge in [-0.15, -0.1) is 0 Å². The van der Waals surface area contributed by atoms with Crippen molar-refractivity contribution in [2.45, 2.75) is 37.0 Å². The smallest absolute Gasteiger partial charge is 0.423 e. The number of hydrogen-bond acceptors (Lipinski definition) is 3. The number of nitrogens with one attached hydrogen (secondary N) is 1. The van der Waals surface area contributed by atoms with Crippen LogP contribution < -0.4 is 10.8 Å². The van der Waals surface area contributed by atoms with E-state index in [-0.39, 0.29) is 24.0 Å². The Morgan fingerprint density at radius 2 is 1.67 bits per heavy atom. The largest absolute Gasteiger partial charge is 0.491 e. The minimum Gasteiger partial charge on any atom is -0.423 e. The summed E-state index contributed by atoms with van der Waals surface area (Å²) >= 11 is 0. The zero-order valence-corrected chi connectivity index (χ0v) is 15.6. The van der Waals surface area contributed by atoms with E-state index in [1.807, 2.05) is 0 Å². The number of benzene rings is 2. The molecule has 1 fully saturated rings. The van der Waals surface area contributed by atoms with Crippen molar-refractivity contribution >= 4 is 24.2 Å². The number of fused-ring (bicyclic) bond motifs is 1. The lowest BCUT2D eigenvalue weighted by molar-refractivity contribution is -0.123. The molecule has 1 aliphatic carbocycles. The first-order valence-corrected chi connectivity index (χ1v) is 9.42. The summed E-state index contributed by atoms with van der Waals surface area (Å²) in [6, 6.07) is 5.30. The zero-order valence-electron chi connectivity index (χ0n) is 15.6. The third-order valence-electron chi connectivity index (χ3n) is 6.18. The minimum atomic E-state index is -2.90. The lowest BCUT2D eigenvalue weighted by Crippen LogP contribution is -2.46. The molecule has 30 heavy (non-hydrogen) atoms. The average molecular weight is 425 g/mol. The Hall–Kier alpha value is -2.46. The molecule has 2 aromatic carbocycles. The van der Waals surface area contributed by atoms with Crippen LogP contribution in [-0.4, -0.2) is 29.0 Å². The fourth-order valence-corrected chi connectivity index (χ4v) is 4.72. The summed E-state index contributed by atoms with van der Waals surface area (Å²) in [6.07, 6.45) is -1.18. The molecule has 0 radical (unpaired) electrons. The lowest BCUT2D eigenvalue weighted by atomic mass is 9.61. The maximum atomic E-state index is 14.6. The maximum absolute atomic E-state index is 14.6. The van der Waals surface area contributed by atoms with Crippen LogP contribution in [0.25, 0.3) is 0 Å². The summed E-state index contributed by atoms with van der Waals surface area (Å²) in [6.45, 7) is 0. The van der Waals surface area contributed by atoms with Gasteiger partial charge in [-0.1, -0.05) is 18.2 Å². The minimum absolute atomic E-state index is 0.0401. The molecule has 0 aromatic heterocycles. The molecule has 158 valence electrons. The summed E-state index contributed by atoms with van der Waals surface area (Å²) in [5.41, 5.74) is -2.47. The number of rotatable bonds is 3. The monoisotopic (exact) mass is 425 g/mol. The van der Waals surface area contributed by atoms with Gasteiger partial charge in [0.15, 0.2) is 11.6 Å². The molecule has 1 saturated carbocycles. The van der Waals surface area contributed by atoms with Crippen LogP contribution in [0.15, 0.2) is 30.3 Å². The molecular formula is C20H17BF5NO3. The van der Waals surface area contributed by atoms with Crippen molar-refractivity contribution in [3.05, 3.63) is 58.9 Å². The Morgan fingerprint density at radius 1 is 1.00 bits per heavy atom. The summed E-state index contributed by atoms with van der Waals surface area (Å²) in [7, 11) is -2.10. The van der Waals surface area contributed by atoms with Gasteiger partial charge in [-0.25, -0.2) is 22.0 Å². The number of halogens is 5. The molecule has 2 aliphatic rings. The highest BCUT2D eigenvalue weighted by Gasteiger charge is 2.56. The van der Waals surface area contributed by atoms with Crippen LogP contribution in [0.1, 0.15) is 36.8 Å². The molecule has 0 saturated heterocycles. The molecule has 1 atom stereocenters. The van der Waals surface area contributed by atoms with Crippen molar-refractivity contribution in [1.82, 2.24) is 0 Å². The van der Waals surface area contributed by atoms with Gasteiger partial charge in [-0.2, -0.15) is 0 Å². The van der Waals surface area contributed by atoms with Crippen LogP contribution in [0.2, 0.25) is 0 Å². The molecule has 1 amide bonds. The van der Waals surface area contributed by atoms with Crippen molar-refractivity contribution < 1.29 is 36.8 Å². The van der Waals surface area contributed by atoms with E-state index in [4.69, 9.17) is 0 Å². The molecule has 0 bridgehead atoms. The summed E-state index contributed by atoms with van der Waals surface area (Å²) in [4.78, 5) is 13.2. The van der Waals surface area contributed by atoms with Crippen molar-refractivity contribution in [2.24, 2.45) is 5.92 Å². The Balaban J connectivity index is 1.94. The molecule has 3 N–H and O–H groups in total. The molecule has 0 spiro atoms. The number of alkyl halides is 2. The van der Waals surface area contributed by atoms with Gasteiger partial charge >= 0.3 is 7.12 Å². The third-order valence-corrected chi connectivity index (χ3v) is 6.18. The highest BCUT2D eigenvalue weighted by Crippen LogP contribution is 2.54. The molecule has 4 rings (SSSR count). The fourth-order valence-electron chi connectivity index (χ4n) is 4.72. The first kappa shape index (κ1) is 20.8. The summed E-state index contributed by atoms with van der Waals surface area (Å²) < 4.78 is 70.3. The van der Waals surface area contributed by atoms with E-state index in [0.29, 0.717) is 0 Å². The van der Waals surface area contributed by atoms with Gasteiger partial charge in [-0.05, 0) is 42.0 Å². The fraction of sp³-hybridized carbons (Fsp3) is 0.350. The quantitative estimate of drug-likeness (QED) is 0.524. The van der Waals surface area contributed by atoms with Gasteiger partial charge in [0.25, 0.3) is 0 Å². The predicted octanol–water partition coefficient (Wildman–Crippen LogP) is 2.85. The van der Waals surface area contributed by atoms with E-state index >= 15 is 0 Å². The molecule has 0 unspecified atom stereocenters. The third kappa shape index (κ3) is 3.01. The van der Waals surface area contributed by atoms with Gasteiger partial charge in [0, 0.05) is 18.3 Å². The first-order chi connectivity index (χ1) is 14.1. The normalized spacial score (nSPS) is 23.2. The van der Waals surface area contributed by atoms with E-state index in [0.717, 1.165) is 18.2 Å². The molecule has 2 aromatic rings. The topological polar surface area (TPSA) is 69.6 Å².